The molecule has 3 aromatic rings. The maximum absolute atomic E-state index is 14.8. The van der Waals surface area contributed by atoms with Crippen LogP contribution in [0.2, 0.25) is 0 Å². The molecular formula is C31H34FN3O5. The molecule has 2 saturated heterocycles. The third-order valence-electron chi connectivity index (χ3n) is 8.13. The van der Waals surface area contributed by atoms with Crippen molar-refractivity contribution in [2.24, 2.45) is 5.92 Å². The number of nitrogens with zero attached hydrogens (tertiary/aromatic N) is 3. The second-order valence-electron chi connectivity index (χ2n) is 11.1. The summed E-state index contributed by atoms with van der Waals surface area (Å²) in [6.45, 7) is 8.29. The minimum atomic E-state index is -1.22. The molecular weight excluding hydrogens is 513 g/mol. The molecule has 6 rings (SSSR count). The lowest BCUT2D eigenvalue weighted by atomic mass is 9.88. The molecule has 9 heteroatoms. The molecule has 0 amide bonds. The highest BCUT2D eigenvalue weighted by Crippen LogP contribution is 2.49. The average Bonchev–Trinajstić information content (AvgIpc) is 3.45. The van der Waals surface area contributed by atoms with Crippen molar-refractivity contribution >= 4 is 12.0 Å². The molecule has 0 radical (unpaired) electrons. The highest BCUT2D eigenvalue weighted by Gasteiger charge is 2.42. The van der Waals surface area contributed by atoms with E-state index in [0.717, 1.165) is 61.2 Å². The number of hydrogen-bond acceptors (Lipinski definition) is 6. The van der Waals surface area contributed by atoms with Gasteiger partial charge in [-0.25, -0.2) is 14.2 Å². The Hall–Kier alpha value is -3.69. The summed E-state index contributed by atoms with van der Waals surface area (Å²) in [7, 11) is 0. The Morgan fingerprint density at radius 2 is 2.00 bits per heavy atom. The molecule has 8 nitrogen and oxygen atoms in total. The molecule has 40 heavy (non-hydrogen) atoms. The molecule has 3 aliphatic rings. The predicted octanol–water partition coefficient (Wildman–Crippen LogP) is 5.10. The Bertz CT molecular complexity index is 1440. The predicted molar refractivity (Wildman–Crippen MR) is 147 cm³/mol. The van der Waals surface area contributed by atoms with Crippen molar-refractivity contribution in [1.29, 1.82) is 0 Å². The Morgan fingerprint density at radius 3 is 2.70 bits per heavy atom. The number of rotatable bonds is 8. The van der Waals surface area contributed by atoms with E-state index < -0.39 is 11.8 Å². The van der Waals surface area contributed by atoms with E-state index in [2.05, 4.69) is 20.5 Å². The van der Waals surface area contributed by atoms with Gasteiger partial charge in [0.1, 0.15) is 11.6 Å². The molecule has 1 N–H and O–H groups in total. The lowest BCUT2D eigenvalue weighted by Crippen LogP contribution is -2.35. The van der Waals surface area contributed by atoms with Crippen LogP contribution in [0.3, 0.4) is 0 Å². The summed E-state index contributed by atoms with van der Waals surface area (Å²) in [5.41, 5.74) is 3.13. The smallest absolute Gasteiger partial charge is 0.328 e. The van der Waals surface area contributed by atoms with E-state index in [0.29, 0.717) is 48.7 Å². The molecule has 0 aliphatic carbocycles. The van der Waals surface area contributed by atoms with Crippen molar-refractivity contribution in [3.63, 3.8) is 0 Å². The quantitative estimate of drug-likeness (QED) is 0.393. The van der Waals surface area contributed by atoms with Gasteiger partial charge in [0.05, 0.1) is 37.2 Å². The summed E-state index contributed by atoms with van der Waals surface area (Å²) >= 11 is 0. The highest BCUT2D eigenvalue weighted by atomic mass is 19.1. The van der Waals surface area contributed by atoms with E-state index in [4.69, 9.17) is 19.3 Å². The lowest BCUT2D eigenvalue weighted by molar-refractivity contribution is -0.131. The largest absolute Gasteiger partial charge is 0.478 e. The number of ether oxygens (including phenoxy) is 3. The third kappa shape index (κ3) is 5.23. The van der Waals surface area contributed by atoms with Crippen LogP contribution in [0, 0.1) is 18.7 Å². The van der Waals surface area contributed by atoms with Crippen LogP contribution in [0.1, 0.15) is 53.9 Å². The number of carboxylic acids is 1. The molecule has 2 aromatic carbocycles. The van der Waals surface area contributed by atoms with Gasteiger partial charge in [-0.1, -0.05) is 18.2 Å². The number of para-hydroxylation sites is 1. The first kappa shape index (κ1) is 26.5. The van der Waals surface area contributed by atoms with Crippen molar-refractivity contribution in [3.8, 4) is 11.5 Å². The Labute approximate surface area is 233 Å². The number of aryl methyl sites for hydroxylation is 1. The Kier molecular flexibility index (Phi) is 7.10. The van der Waals surface area contributed by atoms with Gasteiger partial charge in [-0.3, -0.25) is 4.90 Å². The number of aliphatic carboxylic acids is 1. The van der Waals surface area contributed by atoms with Gasteiger partial charge < -0.3 is 23.9 Å². The second-order valence-corrected chi connectivity index (χ2v) is 11.1. The van der Waals surface area contributed by atoms with Crippen LogP contribution >= 0.6 is 0 Å². The van der Waals surface area contributed by atoms with Crippen LogP contribution in [0.15, 0.2) is 48.7 Å². The van der Waals surface area contributed by atoms with Gasteiger partial charge in [-0.05, 0) is 68.6 Å². The Morgan fingerprint density at radius 1 is 1.20 bits per heavy atom. The average molecular weight is 548 g/mol. The highest BCUT2D eigenvalue weighted by molar-refractivity contribution is 5.84. The van der Waals surface area contributed by atoms with E-state index >= 15 is 0 Å². The topological polar surface area (TPSA) is 86.1 Å². The number of piperidine rings is 1. The number of fused-ring (bicyclic) bond motifs is 1. The number of aromatic nitrogens is 2. The normalized spacial score (nSPS) is 21.7. The summed E-state index contributed by atoms with van der Waals surface area (Å²) in [4.78, 5) is 18.1. The van der Waals surface area contributed by atoms with Crippen molar-refractivity contribution in [3.05, 3.63) is 82.7 Å². The van der Waals surface area contributed by atoms with Gasteiger partial charge in [0.25, 0.3) is 5.79 Å². The minimum Gasteiger partial charge on any atom is -0.478 e. The summed E-state index contributed by atoms with van der Waals surface area (Å²) in [6, 6.07) is 11.1. The van der Waals surface area contributed by atoms with E-state index in [-0.39, 0.29) is 5.82 Å². The maximum Gasteiger partial charge on any atom is 0.328 e. The number of hydrogen-bond donors (Lipinski definition) is 1. The monoisotopic (exact) mass is 547 g/mol. The molecule has 1 atom stereocenters. The van der Waals surface area contributed by atoms with Crippen molar-refractivity contribution in [2.75, 3.05) is 26.3 Å². The molecule has 0 bridgehead atoms. The maximum atomic E-state index is 14.8. The first-order valence-electron chi connectivity index (χ1n) is 13.8. The van der Waals surface area contributed by atoms with Crippen LogP contribution in [0.25, 0.3) is 6.08 Å². The zero-order valence-corrected chi connectivity index (χ0v) is 22.8. The summed E-state index contributed by atoms with van der Waals surface area (Å²) < 4.78 is 34.9. The van der Waals surface area contributed by atoms with Gasteiger partial charge >= 0.3 is 5.97 Å². The summed E-state index contributed by atoms with van der Waals surface area (Å²) in [6.07, 6.45) is 6.40. The zero-order valence-electron chi connectivity index (χ0n) is 22.8. The fraction of sp³-hybridized carbons (Fsp3) is 0.419. The molecule has 3 aliphatic heterocycles. The van der Waals surface area contributed by atoms with Crippen LogP contribution in [-0.4, -0.2) is 51.8 Å². The van der Waals surface area contributed by atoms with Gasteiger partial charge in [-0.2, -0.15) is 0 Å². The van der Waals surface area contributed by atoms with E-state index in [1.807, 2.05) is 25.1 Å². The van der Waals surface area contributed by atoms with Gasteiger partial charge in [-0.15, -0.1) is 0 Å². The molecule has 4 heterocycles. The van der Waals surface area contributed by atoms with Gasteiger partial charge in [0, 0.05) is 31.0 Å². The fourth-order valence-corrected chi connectivity index (χ4v) is 5.87. The molecule has 0 spiro atoms. The number of halogens is 1. The number of benzene rings is 2. The number of likely N-dealkylation sites (tertiary alicyclic amines) is 1. The summed E-state index contributed by atoms with van der Waals surface area (Å²) in [5, 5.41) is 9.08. The molecule has 1 unspecified atom stereocenters. The van der Waals surface area contributed by atoms with E-state index in [9.17, 15) is 9.18 Å². The van der Waals surface area contributed by atoms with E-state index in [1.54, 1.807) is 25.3 Å². The number of carboxylic acid groups (broad SMARTS) is 1. The Balaban J connectivity index is 1.14. The van der Waals surface area contributed by atoms with Crippen LogP contribution in [0.4, 0.5) is 4.39 Å². The first-order valence-corrected chi connectivity index (χ1v) is 13.8. The second kappa shape index (κ2) is 10.7. The van der Waals surface area contributed by atoms with Crippen molar-refractivity contribution in [2.45, 2.75) is 51.5 Å². The lowest BCUT2D eigenvalue weighted by Gasteiger charge is -2.33. The fourth-order valence-electron chi connectivity index (χ4n) is 5.87. The minimum absolute atomic E-state index is 0.293. The molecule has 1 aromatic heterocycles. The SMILES string of the molecule is Cc1ccc(C2(C)Oc3cccc(C4CCN(Cc5ncc(/C=C/C(=O)O)n5CC5COC5)CC4)c3O2)c(F)c1. The van der Waals surface area contributed by atoms with Crippen molar-refractivity contribution < 1.29 is 28.5 Å². The van der Waals surface area contributed by atoms with Crippen molar-refractivity contribution in [1.82, 2.24) is 14.5 Å². The zero-order chi connectivity index (χ0) is 27.9. The van der Waals surface area contributed by atoms with Crippen LogP contribution in [-0.2, 0) is 28.4 Å². The number of carbonyl (C=O) groups is 1. The standard InChI is InChI=1S/C31H34FN3O5/c1-20-6-8-25(26(32)14-20)31(2)39-27-5-3-4-24(30(27)40-31)22-10-12-34(13-11-22)17-28-33-15-23(7-9-29(36)37)35(28)16-21-18-38-19-21/h3-9,14-15,21-22H,10-13,16-19H2,1-2H3,(H,36,37)/b9-7+. The van der Waals surface area contributed by atoms with E-state index in [1.165, 1.54) is 6.07 Å². The third-order valence-corrected chi connectivity index (χ3v) is 8.13. The number of imidazole rings is 1. The first-order chi connectivity index (χ1) is 19.3. The van der Waals surface area contributed by atoms with Gasteiger partial charge in [0.2, 0.25) is 0 Å². The van der Waals surface area contributed by atoms with Crippen LogP contribution in [0.5, 0.6) is 11.5 Å². The molecule has 2 fully saturated rings. The van der Waals surface area contributed by atoms with Crippen LogP contribution < -0.4 is 9.47 Å². The molecule has 0 saturated carbocycles. The van der Waals surface area contributed by atoms with Gasteiger partial charge in [0.15, 0.2) is 11.5 Å². The summed E-state index contributed by atoms with van der Waals surface area (Å²) in [5.74, 6) is 0.459. The molecule has 210 valence electrons.